The summed E-state index contributed by atoms with van der Waals surface area (Å²) in [4.78, 5) is 2.32. The highest BCUT2D eigenvalue weighted by Gasteiger charge is 2.49. The van der Waals surface area contributed by atoms with E-state index >= 15 is 0 Å². The molecular formula is C19H30N2O5S2. The van der Waals surface area contributed by atoms with Crippen molar-refractivity contribution in [2.24, 2.45) is 0 Å². The fourth-order valence-electron chi connectivity index (χ4n) is 2.40. The SMILES string of the molecule is CCCCCCCCOc1ccc(S(=O)(=O)C(=[N+]=[N-])S(=O)(=O)C(C)(C)C)cc1. The fraction of sp³-hybridized carbons (Fsp3) is 0.632. The number of sulfone groups is 2. The van der Waals surface area contributed by atoms with Gasteiger partial charge in [-0.05, 0) is 51.5 Å². The van der Waals surface area contributed by atoms with E-state index < -0.39 is 28.8 Å². The summed E-state index contributed by atoms with van der Waals surface area (Å²) in [6.45, 7) is 6.70. The molecule has 0 aromatic heterocycles. The molecule has 0 spiro atoms. The molecule has 9 heteroatoms. The highest BCUT2D eigenvalue weighted by Crippen LogP contribution is 2.24. The fourth-order valence-corrected chi connectivity index (χ4v) is 6.03. The second-order valence-corrected chi connectivity index (χ2v) is 12.3. The van der Waals surface area contributed by atoms with Crippen LogP contribution in [0.15, 0.2) is 29.2 Å². The third kappa shape index (κ3) is 6.15. The molecule has 0 radical (unpaired) electrons. The van der Waals surface area contributed by atoms with E-state index in [1.54, 1.807) is 0 Å². The lowest BCUT2D eigenvalue weighted by molar-refractivity contribution is 0.00366. The smallest absolute Gasteiger partial charge is 0.494 e. The van der Waals surface area contributed by atoms with Crippen molar-refractivity contribution in [3.05, 3.63) is 29.8 Å². The van der Waals surface area contributed by atoms with Crippen LogP contribution in [0.4, 0.5) is 0 Å². The predicted octanol–water partition coefficient (Wildman–Crippen LogP) is 4.00. The normalized spacial score (nSPS) is 12.4. The van der Waals surface area contributed by atoms with E-state index in [4.69, 9.17) is 10.3 Å². The van der Waals surface area contributed by atoms with Gasteiger partial charge in [0.05, 0.1) is 16.2 Å². The summed E-state index contributed by atoms with van der Waals surface area (Å²) in [5.41, 5.74) is 9.10. The van der Waals surface area contributed by atoms with Crippen LogP contribution in [-0.4, -0.2) is 37.4 Å². The van der Waals surface area contributed by atoms with Crippen molar-refractivity contribution in [2.45, 2.75) is 75.9 Å². The molecule has 0 aliphatic heterocycles. The maximum Gasteiger partial charge on any atom is 0.500 e. The van der Waals surface area contributed by atoms with Gasteiger partial charge in [0.1, 0.15) is 5.75 Å². The molecule has 158 valence electrons. The van der Waals surface area contributed by atoms with E-state index in [2.05, 4.69) is 11.7 Å². The van der Waals surface area contributed by atoms with Gasteiger partial charge < -0.3 is 10.3 Å². The first-order valence-corrected chi connectivity index (χ1v) is 12.4. The molecule has 0 N–H and O–H groups in total. The zero-order valence-electron chi connectivity index (χ0n) is 17.0. The Morgan fingerprint density at radius 2 is 1.50 bits per heavy atom. The minimum atomic E-state index is -4.49. The summed E-state index contributed by atoms with van der Waals surface area (Å²) in [5, 5.41) is 0. The average molecular weight is 431 g/mol. The first-order chi connectivity index (χ1) is 13.0. The van der Waals surface area contributed by atoms with E-state index in [0.717, 1.165) is 12.8 Å². The Hall–Kier alpha value is -1.70. The Morgan fingerprint density at radius 1 is 0.964 bits per heavy atom. The molecule has 0 unspecified atom stereocenters. The van der Waals surface area contributed by atoms with Gasteiger partial charge in [-0.2, -0.15) is 0 Å². The second kappa shape index (κ2) is 10.2. The van der Waals surface area contributed by atoms with Crippen LogP contribution < -0.4 is 4.74 Å². The van der Waals surface area contributed by atoms with Crippen LogP contribution >= 0.6 is 0 Å². The van der Waals surface area contributed by atoms with Gasteiger partial charge in [-0.1, -0.05) is 39.0 Å². The molecule has 1 aromatic carbocycles. The lowest BCUT2D eigenvalue weighted by Crippen LogP contribution is -2.39. The van der Waals surface area contributed by atoms with Crippen LogP contribution in [0, 0.1) is 0 Å². The van der Waals surface area contributed by atoms with Crippen molar-refractivity contribution in [1.29, 1.82) is 0 Å². The van der Waals surface area contributed by atoms with Gasteiger partial charge in [0, 0.05) is 0 Å². The minimum Gasteiger partial charge on any atom is -0.494 e. The summed E-state index contributed by atoms with van der Waals surface area (Å²) in [6.07, 6.45) is 6.81. The molecule has 28 heavy (non-hydrogen) atoms. The Labute approximate surface area is 168 Å². The van der Waals surface area contributed by atoms with Crippen LogP contribution in [0.5, 0.6) is 5.75 Å². The minimum absolute atomic E-state index is 0.278. The third-order valence-electron chi connectivity index (χ3n) is 4.25. The molecule has 0 aliphatic rings. The molecule has 0 bridgehead atoms. The van der Waals surface area contributed by atoms with E-state index in [0.29, 0.717) is 12.4 Å². The largest absolute Gasteiger partial charge is 0.500 e. The van der Waals surface area contributed by atoms with Gasteiger partial charge in [0.2, 0.25) is 0 Å². The van der Waals surface area contributed by atoms with Crippen molar-refractivity contribution in [2.75, 3.05) is 6.61 Å². The average Bonchev–Trinajstić information content (AvgIpc) is 2.60. The predicted molar refractivity (Wildman–Crippen MR) is 110 cm³/mol. The Morgan fingerprint density at radius 3 is 2.00 bits per heavy atom. The highest BCUT2D eigenvalue weighted by atomic mass is 32.3. The van der Waals surface area contributed by atoms with Gasteiger partial charge in [0.25, 0.3) is 19.7 Å². The number of ether oxygens (including phenoxy) is 1. The molecule has 0 heterocycles. The zero-order valence-corrected chi connectivity index (χ0v) is 18.6. The van der Waals surface area contributed by atoms with E-state index in [1.807, 2.05) is 0 Å². The van der Waals surface area contributed by atoms with Gasteiger partial charge in [-0.3, -0.25) is 0 Å². The van der Waals surface area contributed by atoms with E-state index in [1.165, 1.54) is 70.7 Å². The van der Waals surface area contributed by atoms with Crippen LogP contribution in [0.2, 0.25) is 0 Å². The lowest BCUT2D eigenvalue weighted by Gasteiger charge is -2.15. The summed E-state index contributed by atoms with van der Waals surface area (Å²) >= 11 is 0. The third-order valence-corrected chi connectivity index (χ3v) is 9.15. The number of rotatable bonds is 9. The van der Waals surface area contributed by atoms with E-state index in [-0.39, 0.29) is 4.90 Å². The Bertz CT molecular complexity index is 893. The summed E-state index contributed by atoms with van der Waals surface area (Å²) in [6, 6.07) is 5.41. The zero-order chi connectivity index (χ0) is 21.4. The standard InChI is InChI=1S/C19H30N2O5S2/c1-5-6-7-8-9-10-15-26-16-11-13-17(14-12-16)27(22,23)18(21-20)28(24,25)19(2,3)4/h11-14H,5-10,15H2,1-4H3. The summed E-state index contributed by atoms with van der Waals surface area (Å²) in [7, 11) is -8.84. The number of hydrogen-bond acceptors (Lipinski definition) is 5. The molecule has 1 rings (SSSR count). The number of unbranched alkanes of at least 4 members (excludes halogenated alkanes) is 5. The summed E-state index contributed by atoms with van der Waals surface area (Å²) in [5.74, 6) is 0.494. The molecule has 0 saturated heterocycles. The van der Waals surface area contributed by atoms with Crippen LogP contribution in [0.1, 0.15) is 66.2 Å². The highest BCUT2D eigenvalue weighted by molar-refractivity contribution is 8.31. The van der Waals surface area contributed by atoms with Crippen molar-refractivity contribution in [3.8, 4) is 5.75 Å². The number of hydrogen-bond donors (Lipinski definition) is 0. The first-order valence-electron chi connectivity index (χ1n) is 9.43. The first kappa shape index (κ1) is 24.3. The van der Waals surface area contributed by atoms with E-state index in [9.17, 15) is 16.8 Å². The number of benzene rings is 1. The van der Waals surface area contributed by atoms with Crippen molar-refractivity contribution >= 4 is 24.1 Å². The number of nitrogens with zero attached hydrogens (tertiary/aromatic N) is 2. The van der Waals surface area contributed by atoms with Crippen molar-refractivity contribution in [3.63, 3.8) is 0 Å². The molecule has 0 aliphatic carbocycles. The molecule has 0 atom stereocenters. The molecule has 0 saturated carbocycles. The maximum atomic E-state index is 12.6. The van der Waals surface area contributed by atoms with Gasteiger partial charge in [0.15, 0.2) is 0 Å². The Balaban J connectivity index is 2.83. The molecule has 7 nitrogen and oxygen atoms in total. The molecule has 0 fully saturated rings. The monoisotopic (exact) mass is 430 g/mol. The maximum absolute atomic E-state index is 12.6. The Kier molecular flexibility index (Phi) is 8.85. The van der Waals surface area contributed by atoms with Crippen molar-refractivity contribution in [1.82, 2.24) is 0 Å². The van der Waals surface area contributed by atoms with Gasteiger partial charge in [-0.25, -0.2) is 16.8 Å². The second-order valence-electron chi connectivity index (χ2n) is 7.57. The summed E-state index contributed by atoms with van der Waals surface area (Å²) < 4.78 is 53.1. The molecule has 0 amide bonds. The van der Waals surface area contributed by atoms with Gasteiger partial charge >= 0.3 is 4.38 Å². The molecular weight excluding hydrogens is 400 g/mol. The van der Waals surface area contributed by atoms with Crippen LogP contribution in [-0.2, 0) is 19.7 Å². The van der Waals surface area contributed by atoms with Crippen LogP contribution in [0.25, 0.3) is 5.53 Å². The lowest BCUT2D eigenvalue weighted by atomic mass is 10.1. The molecule has 1 aromatic rings. The van der Waals surface area contributed by atoms with Crippen LogP contribution in [0.3, 0.4) is 0 Å². The quantitative estimate of drug-likeness (QED) is 0.193. The van der Waals surface area contributed by atoms with Crippen molar-refractivity contribution < 1.29 is 26.4 Å². The topological polar surface area (TPSA) is 114 Å². The van der Waals surface area contributed by atoms with Gasteiger partial charge in [-0.15, -0.1) is 4.79 Å².